The number of ether oxygens (including phenoxy) is 2. The number of amides is 5. The summed E-state index contributed by atoms with van der Waals surface area (Å²) in [6.07, 6.45) is 0.104. The number of thiol groups is 1. The van der Waals surface area contributed by atoms with Gasteiger partial charge in [0.15, 0.2) is 11.7 Å². The maximum Gasteiger partial charge on any atom is 0.322 e. The summed E-state index contributed by atoms with van der Waals surface area (Å²) >= 11 is 5.32. The molecule has 3 rings (SSSR count). The van der Waals surface area contributed by atoms with E-state index in [1.807, 2.05) is 71.9 Å². The van der Waals surface area contributed by atoms with Gasteiger partial charge in [-0.1, -0.05) is 78.3 Å². The molecular weight excluding hydrogens is 825 g/mol. The summed E-state index contributed by atoms with van der Waals surface area (Å²) in [6.45, 7) is 13.6. The number of nitrogens with one attached hydrogen (secondary N) is 3. The second kappa shape index (κ2) is 23.1. The molecule has 61 heavy (non-hydrogen) atoms. The van der Waals surface area contributed by atoms with E-state index in [0.29, 0.717) is 30.0 Å². The Labute approximate surface area is 368 Å². The van der Waals surface area contributed by atoms with Crippen LogP contribution in [0.15, 0.2) is 35.7 Å². The van der Waals surface area contributed by atoms with Crippen LogP contribution in [-0.4, -0.2) is 124 Å². The summed E-state index contributed by atoms with van der Waals surface area (Å²) in [4.78, 5) is 99.1. The predicted octanol–water partition coefficient (Wildman–Crippen LogP) is 4.04. The van der Waals surface area contributed by atoms with E-state index in [1.54, 1.807) is 19.0 Å². The van der Waals surface area contributed by atoms with Crippen LogP contribution in [0.3, 0.4) is 0 Å². The van der Waals surface area contributed by atoms with E-state index < -0.39 is 78.2 Å². The lowest BCUT2D eigenvalue weighted by molar-refractivity contribution is -0.149. The van der Waals surface area contributed by atoms with Crippen LogP contribution in [0, 0.1) is 17.8 Å². The van der Waals surface area contributed by atoms with E-state index in [-0.39, 0.29) is 48.1 Å². The summed E-state index contributed by atoms with van der Waals surface area (Å²) in [5.41, 5.74) is -0.479. The van der Waals surface area contributed by atoms with Crippen LogP contribution < -0.4 is 16.0 Å². The number of hydrogen-bond acceptors (Lipinski definition) is 12. The Morgan fingerprint density at radius 3 is 2.21 bits per heavy atom. The Bertz CT molecular complexity index is 1840. The van der Waals surface area contributed by atoms with Gasteiger partial charge in [-0.15, -0.1) is 11.3 Å². The third-order valence-corrected chi connectivity index (χ3v) is 12.4. The van der Waals surface area contributed by atoms with E-state index >= 15 is 0 Å². The Balaban J connectivity index is 1.86. The van der Waals surface area contributed by atoms with Crippen molar-refractivity contribution in [2.24, 2.45) is 17.8 Å². The Morgan fingerprint density at radius 2 is 1.66 bits per heavy atom. The smallest absolute Gasteiger partial charge is 0.322 e. The largest absolute Gasteiger partial charge is 0.480 e. The summed E-state index contributed by atoms with van der Waals surface area (Å²) in [7, 11) is 3.25. The van der Waals surface area contributed by atoms with Crippen LogP contribution in [0.1, 0.15) is 108 Å². The monoisotopic (exact) mass is 888 g/mol. The average molecular weight is 889 g/mol. The standard InChI is InChI=1S/C43H64N6O10S2/c1-11-26(6)35(47-39(55)36(25(4)5)49(10)33(51)18-15-19-60)41(56)48(9)31(24(2)3)21-32(58-27(7)50)40-46-30(23-61-40)38(54)45-29(20-28-16-13-12-14-17-28)37-43(8,59-37)42(57)44-22-34(52)53/h12-14,16-17,23-26,29,31-32,35-37,60H,11,15,18-22H2,1-10H3,(H,44,57)(H,45,54)(H,47,55)(H,52,53)/t26-,29-,31+,32+,35-,36+,37?,43?/m0/s1. The third-order valence-electron chi connectivity index (χ3n) is 11.1. The van der Waals surface area contributed by atoms with Gasteiger partial charge in [-0.25, -0.2) is 4.98 Å². The van der Waals surface area contributed by atoms with E-state index in [0.717, 1.165) is 16.9 Å². The van der Waals surface area contributed by atoms with Gasteiger partial charge in [-0.3, -0.25) is 33.6 Å². The van der Waals surface area contributed by atoms with Crippen molar-refractivity contribution in [3.8, 4) is 0 Å². The number of carboxylic acid groups (broad SMARTS) is 1. The molecule has 16 nitrogen and oxygen atoms in total. The van der Waals surface area contributed by atoms with Gasteiger partial charge in [-0.2, -0.15) is 12.6 Å². The fraction of sp³-hybridized carbons (Fsp3) is 0.628. The molecule has 8 atom stereocenters. The highest BCUT2D eigenvalue weighted by Gasteiger charge is 2.62. The number of benzene rings is 1. The van der Waals surface area contributed by atoms with Gasteiger partial charge in [0.25, 0.3) is 11.8 Å². The van der Waals surface area contributed by atoms with Crippen LogP contribution in [0.25, 0.3) is 0 Å². The van der Waals surface area contributed by atoms with Crippen LogP contribution in [0.4, 0.5) is 0 Å². The zero-order valence-corrected chi connectivity index (χ0v) is 38.6. The van der Waals surface area contributed by atoms with E-state index in [2.05, 4.69) is 33.6 Å². The number of aliphatic carboxylic acids is 1. The first-order valence-corrected chi connectivity index (χ1v) is 22.3. The number of thiazole rings is 1. The normalized spacial score (nSPS) is 18.8. The Kier molecular flexibility index (Phi) is 19.2. The van der Waals surface area contributed by atoms with Gasteiger partial charge >= 0.3 is 11.9 Å². The zero-order valence-electron chi connectivity index (χ0n) is 36.9. The molecule has 18 heteroatoms. The molecule has 1 aromatic carbocycles. The molecule has 0 bridgehead atoms. The molecule has 0 spiro atoms. The average Bonchev–Trinajstić information content (AvgIpc) is 3.66. The fourth-order valence-corrected chi connectivity index (χ4v) is 8.38. The van der Waals surface area contributed by atoms with Crippen molar-refractivity contribution in [2.45, 2.75) is 129 Å². The molecule has 0 radical (unpaired) electrons. The second-order valence-corrected chi connectivity index (χ2v) is 17.9. The molecule has 1 saturated heterocycles. The van der Waals surface area contributed by atoms with E-state index in [9.17, 15) is 33.6 Å². The molecule has 1 aliphatic rings. The minimum absolute atomic E-state index is 0.0340. The van der Waals surface area contributed by atoms with Crippen LogP contribution in [-0.2, 0) is 44.7 Å². The number of carbonyl (C=O) groups is 7. The van der Waals surface area contributed by atoms with Crippen LogP contribution in [0.2, 0.25) is 0 Å². The van der Waals surface area contributed by atoms with Crippen molar-refractivity contribution in [1.82, 2.24) is 30.7 Å². The number of carboxylic acids is 1. The second-order valence-electron chi connectivity index (χ2n) is 16.5. The number of likely N-dealkylation sites (N-methyl/N-ethyl adjacent to an activating group) is 2. The van der Waals surface area contributed by atoms with Gasteiger partial charge < -0.3 is 40.3 Å². The van der Waals surface area contributed by atoms with Crippen LogP contribution in [0.5, 0.6) is 0 Å². The molecule has 1 aliphatic heterocycles. The number of carbonyl (C=O) groups excluding carboxylic acids is 6. The summed E-state index contributed by atoms with van der Waals surface area (Å²) in [6, 6.07) is 6.34. The molecule has 5 amide bonds. The third kappa shape index (κ3) is 14.0. The lowest BCUT2D eigenvalue weighted by atomic mass is 9.92. The van der Waals surface area contributed by atoms with Gasteiger partial charge in [0.05, 0.1) is 6.04 Å². The van der Waals surface area contributed by atoms with Gasteiger partial charge in [0.1, 0.15) is 35.4 Å². The number of hydrogen-bond donors (Lipinski definition) is 5. The van der Waals surface area contributed by atoms with Crippen LogP contribution >= 0.6 is 24.0 Å². The first kappa shape index (κ1) is 50.8. The highest BCUT2D eigenvalue weighted by atomic mass is 32.1. The summed E-state index contributed by atoms with van der Waals surface area (Å²) < 4.78 is 11.6. The zero-order chi connectivity index (χ0) is 45.8. The predicted molar refractivity (Wildman–Crippen MR) is 234 cm³/mol. The van der Waals surface area contributed by atoms with Crippen molar-refractivity contribution in [3.63, 3.8) is 0 Å². The van der Waals surface area contributed by atoms with E-state index in [4.69, 9.17) is 14.6 Å². The maximum atomic E-state index is 14.4. The topological polar surface area (TPSA) is 217 Å². The summed E-state index contributed by atoms with van der Waals surface area (Å²) in [5.74, 6) is -4.05. The number of aromatic nitrogens is 1. The minimum atomic E-state index is -1.38. The molecule has 0 aliphatic carbocycles. The van der Waals surface area contributed by atoms with Gasteiger partial charge in [-0.05, 0) is 48.8 Å². The molecule has 4 N–H and O–H groups in total. The SMILES string of the molecule is CC[C@H](C)[C@H](NC(=O)[C@@H](C(C)C)N(C)C(=O)CCCS)C(=O)N(C)[C@H](C[C@@H](OC(C)=O)c1nc(C(=O)N[C@@H](Cc2ccccc2)C2OC2(C)C(=O)NCC(=O)O)cs1)C(C)C. The molecule has 2 unspecified atom stereocenters. The van der Waals surface area contributed by atoms with Crippen molar-refractivity contribution in [1.29, 1.82) is 0 Å². The van der Waals surface area contributed by atoms with Crippen molar-refractivity contribution in [3.05, 3.63) is 52.0 Å². The lowest BCUT2D eigenvalue weighted by Gasteiger charge is -2.38. The molecular formula is C43H64N6O10S2. The van der Waals surface area contributed by atoms with Crippen molar-refractivity contribution >= 4 is 65.4 Å². The number of epoxide rings is 1. The summed E-state index contributed by atoms with van der Waals surface area (Å²) in [5, 5.41) is 19.2. The number of rotatable bonds is 24. The molecule has 0 saturated carbocycles. The molecule has 2 aromatic rings. The van der Waals surface area contributed by atoms with Gasteiger partial charge in [0.2, 0.25) is 17.7 Å². The number of nitrogens with zero attached hydrogens (tertiary/aromatic N) is 3. The highest BCUT2D eigenvalue weighted by Crippen LogP contribution is 2.40. The molecule has 338 valence electrons. The molecule has 1 fully saturated rings. The minimum Gasteiger partial charge on any atom is -0.480 e. The van der Waals surface area contributed by atoms with E-state index in [1.165, 1.54) is 24.1 Å². The lowest BCUT2D eigenvalue weighted by Crippen LogP contribution is -2.59. The maximum absolute atomic E-state index is 14.4. The molecule has 1 aromatic heterocycles. The van der Waals surface area contributed by atoms with Crippen molar-refractivity contribution in [2.75, 3.05) is 26.4 Å². The fourth-order valence-electron chi connectivity index (χ4n) is 7.38. The van der Waals surface area contributed by atoms with Crippen molar-refractivity contribution < 1.29 is 48.1 Å². The first-order valence-electron chi connectivity index (χ1n) is 20.7. The Hall–Kier alpha value is -4.55. The van der Waals surface area contributed by atoms with Gasteiger partial charge in [0, 0.05) is 45.3 Å². The number of esters is 1. The Morgan fingerprint density at radius 1 is 1.00 bits per heavy atom. The quantitative estimate of drug-likeness (QED) is 0.0576. The molecule has 2 heterocycles. The first-order chi connectivity index (χ1) is 28.7. The highest BCUT2D eigenvalue weighted by molar-refractivity contribution is 7.80.